The molecule has 0 aliphatic heterocycles. The van der Waals surface area contributed by atoms with Crippen LogP contribution in [0.5, 0.6) is 0 Å². The van der Waals surface area contributed by atoms with E-state index in [0.717, 1.165) is 16.7 Å². The summed E-state index contributed by atoms with van der Waals surface area (Å²) >= 11 is 0. The van der Waals surface area contributed by atoms with Crippen molar-refractivity contribution in [2.45, 2.75) is 13.8 Å². The van der Waals surface area contributed by atoms with Crippen molar-refractivity contribution in [2.24, 2.45) is 5.73 Å². The number of H-pyrrole nitrogens is 1. The fourth-order valence-corrected chi connectivity index (χ4v) is 1.76. The van der Waals surface area contributed by atoms with Crippen LogP contribution in [0.2, 0.25) is 0 Å². The van der Waals surface area contributed by atoms with Crippen molar-refractivity contribution < 1.29 is 4.79 Å². The summed E-state index contributed by atoms with van der Waals surface area (Å²) in [5, 5.41) is 10.2. The Bertz CT molecular complexity index is 524. The van der Waals surface area contributed by atoms with Gasteiger partial charge in [-0.15, -0.1) is 0 Å². The van der Waals surface area contributed by atoms with Crippen molar-refractivity contribution in [1.82, 2.24) is 15.4 Å². The van der Waals surface area contributed by atoms with E-state index in [1.807, 2.05) is 32.0 Å². The molecule has 1 heterocycles. The molecule has 2 rings (SSSR count). The van der Waals surface area contributed by atoms with Crippen LogP contribution in [0.25, 0.3) is 11.3 Å². The highest BCUT2D eigenvalue weighted by Crippen LogP contribution is 2.26. The third-order valence-corrected chi connectivity index (χ3v) is 2.50. The second-order valence-electron chi connectivity index (χ2n) is 3.65. The average Bonchev–Trinajstić information content (AvgIpc) is 2.66. The minimum atomic E-state index is -0.577. The zero-order valence-corrected chi connectivity index (χ0v) is 9.11. The van der Waals surface area contributed by atoms with E-state index in [0.29, 0.717) is 5.69 Å². The number of primary amides is 1. The average molecular weight is 216 g/mol. The van der Waals surface area contributed by atoms with Crippen LogP contribution in [0.3, 0.4) is 0 Å². The van der Waals surface area contributed by atoms with Crippen LogP contribution in [0, 0.1) is 13.8 Å². The number of aromatic amines is 1. The first kappa shape index (κ1) is 10.4. The maximum Gasteiger partial charge on any atom is 0.271 e. The summed E-state index contributed by atoms with van der Waals surface area (Å²) in [4.78, 5) is 11.2. The van der Waals surface area contributed by atoms with Gasteiger partial charge in [0.25, 0.3) is 5.91 Å². The van der Waals surface area contributed by atoms with Gasteiger partial charge in [0.15, 0.2) is 5.69 Å². The number of aryl methyl sites for hydroxylation is 2. The van der Waals surface area contributed by atoms with E-state index in [2.05, 4.69) is 15.4 Å². The molecular formula is C11H12N4O. The van der Waals surface area contributed by atoms with E-state index in [4.69, 9.17) is 5.73 Å². The molecule has 0 spiro atoms. The predicted molar refractivity (Wildman–Crippen MR) is 59.8 cm³/mol. The van der Waals surface area contributed by atoms with Crippen molar-refractivity contribution in [1.29, 1.82) is 0 Å². The third-order valence-electron chi connectivity index (χ3n) is 2.50. The lowest BCUT2D eigenvalue weighted by atomic mass is 9.99. The summed E-state index contributed by atoms with van der Waals surface area (Å²) in [6, 6.07) is 5.88. The molecule has 1 amide bonds. The molecule has 3 N–H and O–H groups in total. The van der Waals surface area contributed by atoms with E-state index in [9.17, 15) is 4.79 Å². The number of nitrogens with zero attached hydrogens (tertiary/aromatic N) is 2. The van der Waals surface area contributed by atoms with Gasteiger partial charge in [0, 0.05) is 5.56 Å². The molecule has 0 radical (unpaired) electrons. The van der Waals surface area contributed by atoms with E-state index >= 15 is 0 Å². The molecule has 0 aliphatic carbocycles. The minimum absolute atomic E-state index is 0.178. The number of nitrogens with one attached hydrogen (secondary N) is 1. The highest BCUT2D eigenvalue weighted by Gasteiger charge is 2.17. The summed E-state index contributed by atoms with van der Waals surface area (Å²) in [5.41, 5.74) is 8.91. The summed E-state index contributed by atoms with van der Waals surface area (Å²) < 4.78 is 0. The van der Waals surface area contributed by atoms with Crippen LogP contribution < -0.4 is 5.73 Å². The number of benzene rings is 1. The van der Waals surface area contributed by atoms with Crippen molar-refractivity contribution in [2.75, 3.05) is 0 Å². The molecule has 0 aliphatic rings. The molecule has 0 atom stereocenters. The molecule has 5 heteroatoms. The number of carbonyl (C=O) groups is 1. The molecule has 82 valence electrons. The van der Waals surface area contributed by atoms with E-state index in [1.54, 1.807) is 0 Å². The molecule has 0 fully saturated rings. The van der Waals surface area contributed by atoms with Gasteiger partial charge in [-0.05, 0) is 25.0 Å². The SMILES string of the molecule is Cc1cccc(C)c1-c1n[nH]nc1C(N)=O. The highest BCUT2D eigenvalue weighted by atomic mass is 16.1. The molecule has 5 nitrogen and oxygen atoms in total. The molecule has 1 aromatic heterocycles. The van der Waals surface area contributed by atoms with Crippen LogP contribution in [0.4, 0.5) is 0 Å². The molecule has 0 bridgehead atoms. The van der Waals surface area contributed by atoms with Gasteiger partial charge in [-0.3, -0.25) is 4.79 Å². The zero-order valence-electron chi connectivity index (χ0n) is 9.11. The number of rotatable bonds is 2. The predicted octanol–water partition coefficient (Wildman–Crippen LogP) is 1.19. The Balaban J connectivity index is 2.68. The van der Waals surface area contributed by atoms with Gasteiger partial charge < -0.3 is 5.73 Å². The van der Waals surface area contributed by atoms with Crippen LogP contribution in [-0.4, -0.2) is 21.3 Å². The quantitative estimate of drug-likeness (QED) is 0.790. The Morgan fingerprint density at radius 3 is 2.44 bits per heavy atom. The number of nitrogens with two attached hydrogens (primary N) is 1. The maximum atomic E-state index is 11.2. The Kier molecular flexibility index (Phi) is 2.44. The van der Waals surface area contributed by atoms with Gasteiger partial charge in [-0.1, -0.05) is 18.2 Å². The van der Waals surface area contributed by atoms with Crippen molar-refractivity contribution in [3.63, 3.8) is 0 Å². The smallest absolute Gasteiger partial charge is 0.271 e. The largest absolute Gasteiger partial charge is 0.364 e. The summed E-state index contributed by atoms with van der Waals surface area (Å²) in [6.45, 7) is 3.92. The molecule has 16 heavy (non-hydrogen) atoms. The fraction of sp³-hybridized carbons (Fsp3) is 0.182. The number of hydrogen-bond acceptors (Lipinski definition) is 3. The van der Waals surface area contributed by atoms with Gasteiger partial charge in [0.05, 0.1) is 0 Å². The Hall–Kier alpha value is -2.17. The lowest BCUT2D eigenvalue weighted by Crippen LogP contribution is -2.13. The lowest BCUT2D eigenvalue weighted by molar-refractivity contribution is 0.0996. The minimum Gasteiger partial charge on any atom is -0.364 e. The molecule has 1 aromatic carbocycles. The monoisotopic (exact) mass is 216 g/mol. The molecular weight excluding hydrogens is 204 g/mol. The van der Waals surface area contributed by atoms with Crippen molar-refractivity contribution >= 4 is 5.91 Å². The number of aromatic nitrogens is 3. The molecule has 2 aromatic rings. The second-order valence-corrected chi connectivity index (χ2v) is 3.65. The van der Waals surface area contributed by atoms with E-state index < -0.39 is 5.91 Å². The van der Waals surface area contributed by atoms with E-state index in [-0.39, 0.29) is 5.69 Å². The first-order chi connectivity index (χ1) is 7.61. The van der Waals surface area contributed by atoms with E-state index in [1.165, 1.54) is 0 Å². The highest BCUT2D eigenvalue weighted by molar-refractivity contribution is 5.97. The van der Waals surface area contributed by atoms with Gasteiger partial charge >= 0.3 is 0 Å². The van der Waals surface area contributed by atoms with Crippen molar-refractivity contribution in [3.8, 4) is 11.3 Å². The normalized spacial score (nSPS) is 10.4. The molecule has 0 unspecified atom stereocenters. The topological polar surface area (TPSA) is 84.7 Å². The summed E-state index contributed by atoms with van der Waals surface area (Å²) in [7, 11) is 0. The van der Waals surface area contributed by atoms with Crippen LogP contribution in [0.15, 0.2) is 18.2 Å². The zero-order chi connectivity index (χ0) is 11.7. The first-order valence-corrected chi connectivity index (χ1v) is 4.88. The Labute approximate surface area is 92.7 Å². The van der Waals surface area contributed by atoms with Gasteiger partial charge in [-0.2, -0.15) is 15.4 Å². The molecule has 0 saturated heterocycles. The third kappa shape index (κ3) is 1.56. The number of amides is 1. The maximum absolute atomic E-state index is 11.2. The lowest BCUT2D eigenvalue weighted by Gasteiger charge is -2.06. The summed E-state index contributed by atoms with van der Waals surface area (Å²) in [6.07, 6.45) is 0. The second kappa shape index (κ2) is 3.77. The van der Waals surface area contributed by atoms with Crippen LogP contribution >= 0.6 is 0 Å². The fourth-order valence-electron chi connectivity index (χ4n) is 1.76. The Morgan fingerprint density at radius 1 is 1.25 bits per heavy atom. The van der Waals surface area contributed by atoms with Gasteiger partial charge in [0.2, 0.25) is 0 Å². The summed E-state index contributed by atoms with van der Waals surface area (Å²) in [5.74, 6) is -0.577. The van der Waals surface area contributed by atoms with Gasteiger partial charge in [0.1, 0.15) is 5.69 Å². The number of carbonyl (C=O) groups excluding carboxylic acids is 1. The molecule has 0 saturated carbocycles. The van der Waals surface area contributed by atoms with Gasteiger partial charge in [-0.25, -0.2) is 0 Å². The van der Waals surface area contributed by atoms with Crippen molar-refractivity contribution in [3.05, 3.63) is 35.0 Å². The van der Waals surface area contributed by atoms with Crippen LogP contribution in [0.1, 0.15) is 21.6 Å². The number of hydrogen-bond donors (Lipinski definition) is 2. The first-order valence-electron chi connectivity index (χ1n) is 4.88. The standard InChI is InChI=1S/C11H12N4O/c1-6-4-3-5-7(2)8(6)9-10(11(12)16)14-15-13-9/h3-5H,1-2H3,(H2,12,16)(H,13,14,15). The Morgan fingerprint density at radius 2 is 1.88 bits per heavy atom. The van der Waals surface area contributed by atoms with Crippen LogP contribution in [-0.2, 0) is 0 Å².